The van der Waals surface area contributed by atoms with Crippen molar-refractivity contribution in [2.75, 3.05) is 19.7 Å². The summed E-state index contributed by atoms with van der Waals surface area (Å²) in [5.74, 6) is 0.405. The number of rotatable bonds is 6. The average Bonchev–Trinajstić information content (AvgIpc) is 3.11. The summed E-state index contributed by atoms with van der Waals surface area (Å²) in [7, 11) is 0. The normalized spacial score (nSPS) is 21.1. The Morgan fingerprint density at radius 2 is 2.18 bits per heavy atom. The van der Waals surface area contributed by atoms with Crippen LogP contribution in [0.2, 0.25) is 0 Å². The summed E-state index contributed by atoms with van der Waals surface area (Å²) in [5, 5.41) is 5.51. The van der Waals surface area contributed by atoms with Gasteiger partial charge in [-0.2, -0.15) is 0 Å². The van der Waals surface area contributed by atoms with Crippen LogP contribution in [0.25, 0.3) is 0 Å². The topological polar surface area (TPSA) is 67.4 Å². The molecular formula is C15H21BrN2O3S. The van der Waals surface area contributed by atoms with Gasteiger partial charge < -0.3 is 15.4 Å². The van der Waals surface area contributed by atoms with E-state index in [9.17, 15) is 9.59 Å². The van der Waals surface area contributed by atoms with Crippen LogP contribution in [0.15, 0.2) is 15.9 Å². The molecule has 1 aromatic heterocycles. The summed E-state index contributed by atoms with van der Waals surface area (Å²) < 4.78 is 6.59. The predicted molar refractivity (Wildman–Crippen MR) is 90.0 cm³/mol. The second-order valence-electron chi connectivity index (χ2n) is 5.72. The fourth-order valence-electron chi connectivity index (χ4n) is 2.60. The van der Waals surface area contributed by atoms with Gasteiger partial charge in [0.05, 0.1) is 21.3 Å². The second kappa shape index (κ2) is 8.08. The van der Waals surface area contributed by atoms with E-state index in [1.54, 1.807) is 6.07 Å². The van der Waals surface area contributed by atoms with Crippen molar-refractivity contribution in [2.45, 2.75) is 26.4 Å². The zero-order valence-corrected chi connectivity index (χ0v) is 15.1. The van der Waals surface area contributed by atoms with E-state index in [0.29, 0.717) is 23.3 Å². The number of carbonyl (C=O) groups excluding carboxylic acids is 2. The van der Waals surface area contributed by atoms with Crippen LogP contribution < -0.4 is 10.6 Å². The molecule has 5 nitrogen and oxygen atoms in total. The Morgan fingerprint density at radius 3 is 2.82 bits per heavy atom. The third-order valence-electron chi connectivity index (χ3n) is 3.69. The first-order chi connectivity index (χ1) is 10.5. The van der Waals surface area contributed by atoms with E-state index in [2.05, 4.69) is 40.4 Å². The first-order valence-corrected chi connectivity index (χ1v) is 9.00. The van der Waals surface area contributed by atoms with E-state index in [1.807, 2.05) is 6.07 Å². The molecule has 22 heavy (non-hydrogen) atoms. The number of thiophene rings is 1. The molecule has 2 rings (SSSR count). The summed E-state index contributed by atoms with van der Waals surface area (Å²) in [6, 6.07) is 3.54. The lowest BCUT2D eigenvalue weighted by atomic mass is 9.93. The lowest BCUT2D eigenvalue weighted by Gasteiger charge is -2.22. The SMILES string of the molecule is CC(C)[C@@H]1OCC[C@@H]1CNC(=O)CNC(=O)c1ccc(Br)s1. The highest BCUT2D eigenvalue weighted by atomic mass is 79.9. The Kier molecular flexibility index (Phi) is 6.40. The van der Waals surface area contributed by atoms with Gasteiger partial charge in [0, 0.05) is 19.1 Å². The van der Waals surface area contributed by atoms with E-state index in [-0.39, 0.29) is 24.5 Å². The van der Waals surface area contributed by atoms with E-state index in [4.69, 9.17) is 4.74 Å². The van der Waals surface area contributed by atoms with Gasteiger partial charge in [-0.05, 0) is 40.4 Å². The standard InChI is InChI=1S/C15H21BrN2O3S/c1-9(2)14-10(5-6-21-14)7-17-13(19)8-18-15(20)11-3-4-12(16)22-11/h3-4,9-10,14H,5-8H2,1-2H3,(H,17,19)(H,18,20)/t10-,14+/m1/s1. The highest BCUT2D eigenvalue weighted by molar-refractivity contribution is 9.11. The third-order valence-corrected chi connectivity index (χ3v) is 5.31. The first kappa shape index (κ1) is 17.4. The van der Waals surface area contributed by atoms with Crippen LogP contribution in [-0.4, -0.2) is 37.6 Å². The molecule has 1 saturated heterocycles. The van der Waals surface area contributed by atoms with Crippen LogP contribution in [0.5, 0.6) is 0 Å². The third kappa shape index (κ3) is 4.79. The molecule has 0 bridgehead atoms. The zero-order chi connectivity index (χ0) is 16.1. The molecule has 0 radical (unpaired) electrons. The fourth-order valence-corrected chi connectivity index (χ4v) is 3.90. The number of hydrogen-bond acceptors (Lipinski definition) is 4. The van der Waals surface area contributed by atoms with Crippen LogP contribution in [0.4, 0.5) is 0 Å². The molecule has 2 N–H and O–H groups in total. The van der Waals surface area contributed by atoms with Gasteiger partial charge >= 0.3 is 0 Å². The summed E-state index contributed by atoms with van der Waals surface area (Å²) in [4.78, 5) is 24.3. The Balaban J connectivity index is 1.71. The molecule has 0 spiro atoms. The Hall–Kier alpha value is -0.920. The summed E-state index contributed by atoms with van der Waals surface area (Å²) >= 11 is 4.65. The van der Waals surface area contributed by atoms with Crippen molar-refractivity contribution in [1.29, 1.82) is 0 Å². The van der Waals surface area contributed by atoms with Gasteiger partial charge in [0.25, 0.3) is 5.91 Å². The van der Waals surface area contributed by atoms with Crippen LogP contribution in [-0.2, 0) is 9.53 Å². The first-order valence-electron chi connectivity index (χ1n) is 7.39. The van der Waals surface area contributed by atoms with E-state index in [1.165, 1.54) is 11.3 Å². The van der Waals surface area contributed by atoms with Gasteiger partial charge in [0.1, 0.15) is 0 Å². The number of ether oxygens (including phenoxy) is 1. The molecule has 0 aliphatic carbocycles. The Labute approximate surface area is 142 Å². The molecule has 0 saturated carbocycles. The zero-order valence-electron chi connectivity index (χ0n) is 12.7. The van der Waals surface area contributed by atoms with Crippen molar-refractivity contribution in [3.8, 4) is 0 Å². The lowest BCUT2D eigenvalue weighted by Crippen LogP contribution is -2.40. The largest absolute Gasteiger partial charge is 0.378 e. The van der Waals surface area contributed by atoms with Crippen molar-refractivity contribution >= 4 is 39.1 Å². The van der Waals surface area contributed by atoms with Crippen molar-refractivity contribution < 1.29 is 14.3 Å². The molecule has 0 unspecified atom stereocenters. The van der Waals surface area contributed by atoms with Crippen molar-refractivity contribution in [3.63, 3.8) is 0 Å². The molecule has 122 valence electrons. The van der Waals surface area contributed by atoms with E-state index in [0.717, 1.165) is 16.8 Å². The lowest BCUT2D eigenvalue weighted by molar-refractivity contribution is -0.120. The smallest absolute Gasteiger partial charge is 0.261 e. The maximum Gasteiger partial charge on any atom is 0.261 e. The van der Waals surface area contributed by atoms with E-state index >= 15 is 0 Å². The van der Waals surface area contributed by atoms with Crippen LogP contribution in [0, 0.1) is 11.8 Å². The minimum absolute atomic E-state index is 0.00568. The van der Waals surface area contributed by atoms with Gasteiger partial charge in [0.15, 0.2) is 0 Å². The van der Waals surface area contributed by atoms with E-state index < -0.39 is 0 Å². The predicted octanol–water partition coefficient (Wildman–Crippen LogP) is 2.42. The van der Waals surface area contributed by atoms with Gasteiger partial charge in [-0.25, -0.2) is 0 Å². The summed E-state index contributed by atoms with van der Waals surface area (Å²) in [6.45, 7) is 5.61. The molecule has 1 aromatic rings. The maximum atomic E-state index is 11.8. The quantitative estimate of drug-likeness (QED) is 0.785. The summed E-state index contributed by atoms with van der Waals surface area (Å²) in [5.41, 5.74) is 0. The molecular weight excluding hydrogens is 368 g/mol. The minimum Gasteiger partial charge on any atom is -0.378 e. The van der Waals surface area contributed by atoms with Gasteiger partial charge in [0.2, 0.25) is 5.91 Å². The molecule has 1 aliphatic heterocycles. The van der Waals surface area contributed by atoms with Gasteiger partial charge in [-0.15, -0.1) is 11.3 Å². The molecule has 1 fully saturated rings. The second-order valence-corrected chi connectivity index (χ2v) is 8.18. The molecule has 2 heterocycles. The van der Waals surface area contributed by atoms with Gasteiger partial charge in [-0.1, -0.05) is 13.8 Å². The Morgan fingerprint density at radius 1 is 1.41 bits per heavy atom. The Bertz CT molecular complexity index is 533. The number of amides is 2. The molecule has 1 aliphatic rings. The molecule has 2 atom stereocenters. The van der Waals surface area contributed by atoms with Crippen molar-refractivity contribution in [3.05, 3.63) is 20.8 Å². The highest BCUT2D eigenvalue weighted by Gasteiger charge is 2.30. The monoisotopic (exact) mass is 388 g/mol. The maximum absolute atomic E-state index is 11.8. The summed E-state index contributed by atoms with van der Waals surface area (Å²) in [6.07, 6.45) is 1.18. The van der Waals surface area contributed by atoms with Crippen LogP contribution in [0.1, 0.15) is 29.9 Å². The average molecular weight is 389 g/mol. The van der Waals surface area contributed by atoms with Crippen LogP contribution in [0.3, 0.4) is 0 Å². The molecule has 0 aromatic carbocycles. The number of hydrogen-bond donors (Lipinski definition) is 2. The van der Waals surface area contributed by atoms with Crippen LogP contribution >= 0.6 is 27.3 Å². The number of halogens is 1. The fraction of sp³-hybridized carbons (Fsp3) is 0.600. The van der Waals surface area contributed by atoms with Crippen molar-refractivity contribution in [2.24, 2.45) is 11.8 Å². The molecule has 2 amide bonds. The molecule has 7 heteroatoms. The minimum atomic E-state index is -0.227. The number of carbonyl (C=O) groups is 2. The number of nitrogens with one attached hydrogen (secondary N) is 2. The van der Waals surface area contributed by atoms with Crippen molar-refractivity contribution in [1.82, 2.24) is 10.6 Å². The van der Waals surface area contributed by atoms with Gasteiger partial charge in [-0.3, -0.25) is 9.59 Å². The highest BCUT2D eigenvalue weighted by Crippen LogP contribution is 2.26.